The van der Waals surface area contributed by atoms with Gasteiger partial charge in [-0.1, -0.05) is 22.6 Å². The minimum absolute atomic E-state index is 1.01. The van der Waals surface area contributed by atoms with Gasteiger partial charge >= 0.3 is 0 Å². The number of halogens is 1. The summed E-state index contributed by atoms with van der Waals surface area (Å²) in [6.07, 6.45) is 1.81. The van der Waals surface area contributed by atoms with Crippen LogP contribution in [-0.4, -0.2) is 16.0 Å². The fourth-order valence-corrected chi connectivity index (χ4v) is 1.29. The standard InChI is InChI=1S/C5H7IN2S/c6-1-2-7-5-8-3-4-9-5/h3-4H,1-2H2,(H,7,8). The molecular weight excluding hydrogens is 247 g/mol. The summed E-state index contributed by atoms with van der Waals surface area (Å²) in [6.45, 7) is 1.01. The molecule has 50 valence electrons. The van der Waals surface area contributed by atoms with Gasteiger partial charge in [-0.05, 0) is 0 Å². The number of nitrogens with one attached hydrogen (secondary N) is 1. The van der Waals surface area contributed by atoms with Gasteiger partial charge in [0.15, 0.2) is 5.13 Å². The van der Waals surface area contributed by atoms with E-state index >= 15 is 0 Å². The predicted octanol–water partition coefficient (Wildman–Crippen LogP) is 1.99. The van der Waals surface area contributed by atoms with E-state index in [1.54, 1.807) is 17.5 Å². The smallest absolute Gasteiger partial charge is 0.182 e. The van der Waals surface area contributed by atoms with Crippen molar-refractivity contribution in [3.05, 3.63) is 11.6 Å². The Morgan fingerprint density at radius 1 is 1.78 bits per heavy atom. The lowest BCUT2D eigenvalue weighted by atomic mass is 10.8. The van der Waals surface area contributed by atoms with Crippen molar-refractivity contribution in [3.63, 3.8) is 0 Å². The lowest BCUT2D eigenvalue weighted by molar-refractivity contribution is 1.22. The SMILES string of the molecule is ICCNc1nccs1. The molecule has 0 aliphatic carbocycles. The first-order valence-corrected chi connectivity index (χ1v) is 5.03. The quantitative estimate of drug-likeness (QED) is 0.659. The van der Waals surface area contributed by atoms with Crippen molar-refractivity contribution in [1.29, 1.82) is 0 Å². The van der Waals surface area contributed by atoms with Crippen molar-refractivity contribution in [2.45, 2.75) is 0 Å². The zero-order chi connectivity index (χ0) is 6.53. The minimum Gasteiger partial charge on any atom is -0.361 e. The fraction of sp³-hybridized carbons (Fsp3) is 0.400. The minimum atomic E-state index is 1.01. The molecule has 0 aliphatic rings. The van der Waals surface area contributed by atoms with Crippen LogP contribution in [0.15, 0.2) is 11.6 Å². The fourth-order valence-electron chi connectivity index (χ4n) is 0.465. The van der Waals surface area contributed by atoms with Crippen LogP contribution < -0.4 is 5.32 Å². The Labute approximate surface area is 71.8 Å². The van der Waals surface area contributed by atoms with Crippen LogP contribution in [0.25, 0.3) is 0 Å². The normalized spacial score (nSPS) is 9.44. The summed E-state index contributed by atoms with van der Waals surface area (Å²) < 4.78 is 1.12. The highest BCUT2D eigenvalue weighted by atomic mass is 127. The second-order valence-corrected chi connectivity index (χ2v) is 3.43. The van der Waals surface area contributed by atoms with Crippen LogP contribution in [0.2, 0.25) is 0 Å². The van der Waals surface area contributed by atoms with Crippen LogP contribution >= 0.6 is 33.9 Å². The van der Waals surface area contributed by atoms with Crippen molar-refractivity contribution in [2.24, 2.45) is 0 Å². The maximum Gasteiger partial charge on any atom is 0.182 e. The Balaban J connectivity index is 2.30. The van der Waals surface area contributed by atoms with Crippen molar-refractivity contribution in [1.82, 2.24) is 4.98 Å². The molecule has 0 fully saturated rings. The zero-order valence-electron chi connectivity index (χ0n) is 4.80. The monoisotopic (exact) mass is 254 g/mol. The van der Waals surface area contributed by atoms with E-state index in [0.717, 1.165) is 16.1 Å². The molecule has 0 unspecified atom stereocenters. The number of aromatic nitrogens is 1. The van der Waals surface area contributed by atoms with Gasteiger partial charge in [0.2, 0.25) is 0 Å². The van der Waals surface area contributed by atoms with Crippen molar-refractivity contribution in [3.8, 4) is 0 Å². The number of hydrogen-bond donors (Lipinski definition) is 1. The van der Waals surface area contributed by atoms with Crippen LogP contribution in [-0.2, 0) is 0 Å². The molecule has 4 heteroatoms. The van der Waals surface area contributed by atoms with Gasteiger partial charge in [0.05, 0.1) is 0 Å². The summed E-state index contributed by atoms with van der Waals surface area (Å²) in [6, 6.07) is 0. The molecule has 0 aliphatic heterocycles. The van der Waals surface area contributed by atoms with Gasteiger partial charge < -0.3 is 5.32 Å². The molecule has 0 amide bonds. The van der Waals surface area contributed by atoms with E-state index in [-0.39, 0.29) is 0 Å². The van der Waals surface area contributed by atoms with Crippen LogP contribution in [0.5, 0.6) is 0 Å². The van der Waals surface area contributed by atoms with E-state index in [9.17, 15) is 0 Å². The summed E-state index contributed by atoms with van der Waals surface area (Å²) in [4.78, 5) is 4.06. The van der Waals surface area contributed by atoms with Crippen LogP contribution in [0, 0.1) is 0 Å². The van der Waals surface area contributed by atoms with Gasteiger partial charge in [-0.25, -0.2) is 4.98 Å². The molecule has 9 heavy (non-hydrogen) atoms. The Morgan fingerprint density at radius 2 is 2.67 bits per heavy atom. The average molecular weight is 254 g/mol. The molecule has 0 bridgehead atoms. The van der Waals surface area contributed by atoms with E-state index in [2.05, 4.69) is 32.9 Å². The first-order chi connectivity index (χ1) is 4.43. The molecular formula is C5H7IN2S. The topological polar surface area (TPSA) is 24.9 Å². The zero-order valence-corrected chi connectivity index (χ0v) is 7.78. The van der Waals surface area contributed by atoms with E-state index in [0.29, 0.717) is 0 Å². The molecule has 0 saturated carbocycles. The molecule has 0 atom stereocenters. The molecule has 0 aromatic carbocycles. The van der Waals surface area contributed by atoms with Crippen LogP contribution in [0.3, 0.4) is 0 Å². The molecule has 1 rings (SSSR count). The molecule has 0 spiro atoms. The van der Waals surface area contributed by atoms with Crippen molar-refractivity contribution < 1.29 is 0 Å². The third-order valence-electron chi connectivity index (χ3n) is 0.803. The number of thiazole rings is 1. The van der Waals surface area contributed by atoms with Gasteiger partial charge in [-0.15, -0.1) is 11.3 Å². The van der Waals surface area contributed by atoms with Gasteiger partial charge in [0.1, 0.15) is 0 Å². The largest absolute Gasteiger partial charge is 0.361 e. The average Bonchev–Trinajstić information content (AvgIpc) is 2.34. The lowest BCUT2D eigenvalue weighted by Crippen LogP contribution is -2.00. The number of nitrogens with zero attached hydrogens (tertiary/aromatic N) is 1. The summed E-state index contributed by atoms with van der Waals surface area (Å²) in [5.74, 6) is 0. The second kappa shape index (κ2) is 4.05. The Bertz CT molecular complexity index is 152. The number of anilines is 1. The second-order valence-electron chi connectivity index (χ2n) is 1.45. The lowest BCUT2D eigenvalue weighted by Gasteiger charge is -1.94. The third kappa shape index (κ3) is 2.49. The third-order valence-corrected chi connectivity index (χ3v) is 2.07. The Kier molecular flexibility index (Phi) is 3.27. The van der Waals surface area contributed by atoms with E-state index in [4.69, 9.17) is 0 Å². The first kappa shape index (κ1) is 7.27. The van der Waals surface area contributed by atoms with E-state index < -0.39 is 0 Å². The van der Waals surface area contributed by atoms with Gasteiger partial charge in [-0.2, -0.15) is 0 Å². The molecule has 2 nitrogen and oxygen atoms in total. The maximum absolute atomic E-state index is 4.06. The van der Waals surface area contributed by atoms with Gasteiger partial charge in [-0.3, -0.25) is 0 Å². The highest BCUT2D eigenvalue weighted by Crippen LogP contribution is 2.09. The van der Waals surface area contributed by atoms with Gasteiger partial charge in [0.25, 0.3) is 0 Å². The summed E-state index contributed by atoms with van der Waals surface area (Å²) in [7, 11) is 0. The molecule has 1 heterocycles. The van der Waals surface area contributed by atoms with Crippen molar-refractivity contribution >= 4 is 39.1 Å². The van der Waals surface area contributed by atoms with Crippen LogP contribution in [0.4, 0.5) is 5.13 Å². The molecule has 1 aromatic heterocycles. The van der Waals surface area contributed by atoms with E-state index in [1.165, 1.54) is 0 Å². The Morgan fingerprint density at radius 3 is 3.22 bits per heavy atom. The molecule has 1 N–H and O–H groups in total. The summed E-state index contributed by atoms with van der Waals surface area (Å²) in [5, 5.41) is 6.16. The number of rotatable bonds is 3. The highest BCUT2D eigenvalue weighted by Gasteiger charge is 1.88. The first-order valence-electron chi connectivity index (χ1n) is 2.63. The van der Waals surface area contributed by atoms with Crippen molar-refractivity contribution in [2.75, 3.05) is 16.3 Å². The highest BCUT2D eigenvalue weighted by molar-refractivity contribution is 14.1. The van der Waals surface area contributed by atoms with E-state index in [1.807, 2.05) is 5.38 Å². The molecule has 0 saturated heterocycles. The molecule has 1 aromatic rings. The molecule has 0 radical (unpaired) electrons. The maximum atomic E-state index is 4.06. The predicted molar refractivity (Wildman–Crippen MR) is 49.5 cm³/mol. The summed E-state index contributed by atoms with van der Waals surface area (Å²) >= 11 is 3.96. The number of alkyl halides is 1. The van der Waals surface area contributed by atoms with Gasteiger partial charge in [0, 0.05) is 22.5 Å². The van der Waals surface area contributed by atoms with Crippen LogP contribution in [0.1, 0.15) is 0 Å². The Hall–Kier alpha value is 0.160. The number of hydrogen-bond acceptors (Lipinski definition) is 3. The summed E-state index contributed by atoms with van der Waals surface area (Å²) in [5.41, 5.74) is 0.